The fourth-order valence-electron chi connectivity index (χ4n) is 3.72. The quantitative estimate of drug-likeness (QED) is 0.401. The van der Waals surface area contributed by atoms with Gasteiger partial charge in [-0.15, -0.1) is 0 Å². The summed E-state index contributed by atoms with van der Waals surface area (Å²) >= 11 is 7.34. The van der Waals surface area contributed by atoms with E-state index < -0.39 is 11.9 Å². The number of esters is 2. The Hall–Kier alpha value is -0.620. The lowest BCUT2D eigenvalue weighted by molar-refractivity contribution is -0.141. The molecule has 0 spiro atoms. The first-order valence-corrected chi connectivity index (χ1v) is 8.23. The van der Waals surface area contributed by atoms with E-state index in [0.29, 0.717) is 32.6 Å². The fourth-order valence-corrected chi connectivity index (χ4v) is 5.79. The van der Waals surface area contributed by atoms with Crippen molar-refractivity contribution in [2.75, 3.05) is 14.2 Å². The van der Waals surface area contributed by atoms with Gasteiger partial charge in [-0.25, -0.2) is 9.59 Å². The number of alkyl halides is 2. The van der Waals surface area contributed by atoms with Crippen LogP contribution in [0.3, 0.4) is 0 Å². The highest BCUT2D eigenvalue weighted by atomic mass is 79.9. The molecule has 6 unspecified atom stereocenters. The van der Waals surface area contributed by atoms with Crippen molar-refractivity contribution in [2.45, 2.75) is 9.65 Å². The monoisotopic (exact) mass is 404 g/mol. The first-order chi connectivity index (χ1) is 9.52. The van der Waals surface area contributed by atoms with E-state index in [0.717, 1.165) is 0 Å². The molecule has 2 bridgehead atoms. The lowest BCUT2D eigenvalue weighted by Crippen LogP contribution is -2.60. The molecule has 0 aromatic rings. The molecular formula is C14H14Br2O4. The van der Waals surface area contributed by atoms with Crippen molar-refractivity contribution in [3.63, 3.8) is 0 Å². The van der Waals surface area contributed by atoms with Gasteiger partial charge in [0, 0.05) is 21.5 Å². The van der Waals surface area contributed by atoms with Crippen LogP contribution in [0.2, 0.25) is 0 Å². The summed E-state index contributed by atoms with van der Waals surface area (Å²) in [5.41, 5.74) is 0.939. The second-order valence-electron chi connectivity index (χ2n) is 5.29. The molecule has 0 heterocycles. The topological polar surface area (TPSA) is 52.6 Å². The molecule has 4 aliphatic carbocycles. The second kappa shape index (κ2) is 4.98. The van der Waals surface area contributed by atoms with Crippen molar-refractivity contribution in [3.8, 4) is 0 Å². The number of hydrogen-bond donors (Lipinski definition) is 0. The Morgan fingerprint density at radius 2 is 1.25 bits per heavy atom. The molecule has 4 aliphatic rings. The molecule has 0 aliphatic heterocycles. The molecule has 4 rings (SSSR count). The lowest BCUT2D eigenvalue weighted by atomic mass is 9.51. The maximum Gasteiger partial charge on any atom is 0.334 e. The van der Waals surface area contributed by atoms with E-state index in [1.165, 1.54) is 14.2 Å². The zero-order chi connectivity index (χ0) is 14.6. The Labute approximate surface area is 133 Å². The Morgan fingerprint density at radius 1 is 0.900 bits per heavy atom. The summed E-state index contributed by atoms with van der Waals surface area (Å²) in [5.74, 6) is -0.384. The lowest BCUT2D eigenvalue weighted by Gasteiger charge is -2.58. The number of carbonyl (C=O) groups is 2. The summed E-state index contributed by atoms with van der Waals surface area (Å²) in [6.07, 6.45) is 4.05. The minimum Gasteiger partial charge on any atom is -0.466 e. The Bertz CT molecular complexity index is 493. The number of ether oxygens (including phenoxy) is 2. The number of carbonyl (C=O) groups excluding carboxylic acids is 2. The highest BCUT2D eigenvalue weighted by molar-refractivity contribution is 9.12. The molecule has 1 fully saturated rings. The smallest absolute Gasteiger partial charge is 0.334 e. The molecular weight excluding hydrogens is 392 g/mol. The van der Waals surface area contributed by atoms with Crippen molar-refractivity contribution in [1.29, 1.82) is 0 Å². The van der Waals surface area contributed by atoms with Gasteiger partial charge in [-0.1, -0.05) is 44.0 Å². The first kappa shape index (κ1) is 14.3. The largest absolute Gasteiger partial charge is 0.466 e. The Balaban J connectivity index is 2.11. The van der Waals surface area contributed by atoms with E-state index in [-0.39, 0.29) is 11.8 Å². The Kier molecular flexibility index (Phi) is 3.57. The fraction of sp³-hybridized carbons (Fsp3) is 0.571. The van der Waals surface area contributed by atoms with Gasteiger partial charge in [0.15, 0.2) is 0 Å². The van der Waals surface area contributed by atoms with Crippen molar-refractivity contribution >= 4 is 43.8 Å². The highest BCUT2D eigenvalue weighted by Crippen LogP contribution is 2.61. The highest BCUT2D eigenvalue weighted by Gasteiger charge is 2.61. The van der Waals surface area contributed by atoms with E-state index in [1.807, 2.05) is 12.2 Å². The van der Waals surface area contributed by atoms with Gasteiger partial charge in [0.1, 0.15) is 0 Å². The zero-order valence-corrected chi connectivity index (χ0v) is 14.2. The third-order valence-corrected chi connectivity index (χ3v) is 7.68. The van der Waals surface area contributed by atoms with Crippen LogP contribution in [0.15, 0.2) is 23.3 Å². The SMILES string of the molecule is COC(=O)C1=C(C(=O)OC)C2C=CC1C1C(Br)C(Br)C21. The van der Waals surface area contributed by atoms with Crippen molar-refractivity contribution in [3.05, 3.63) is 23.3 Å². The molecule has 0 N–H and O–H groups in total. The van der Waals surface area contributed by atoms with Gasteiger partial charge in [0.05, 0.1) is 25.4 Å². The maximum atomic E-state index is 12.1. The average Bonchev–Trinajstić information content (AvgIpc) is 2.50. The second-order valence-corrected chi connectivity index (χ2v) is 7.41. The van der Waals surface area contributed by atoms with Crippen LogP contribution < -0.4 is 0 Å². The minimum absolute atomic E-state index is 0.0790. The van der Waals surface area contributed by atoms with Crippen LogP contribution in [0.25, 0.3) is 0 Å². The van der Waals surface area contributed by atoms with Gasteiger partial charge in [0.25, 0.3) is 0 Å². The van der Waals surface area contributed by atoms with E-state index in [1.54, 1.807) is 0 Å². The van der Waals surface area contributed by atoms with Crippen LogP contribution in [-0.4, -0.2) is 35.8 Å². The molecule has 0 amide bonds. The van der Waals surface area contributed by atoms with Gasteiger partial charge in [-0.3, -0.25) is 0 Å². The summed E-state index contributed by atoms with van der Waals surface area (Å²) in [6, 6.07) is 0. The molecule has 0 aromatic carbocycles. The molecule has 6 heteroatoms. The summed E-state index contributed by atoms with van der Waals surface area (Å²) in [7, 11) is 2.68. The first-order valence-electron chi connectivity index (χ1n) is 6.40. The number of hydrogen-bond acceptors (Lipinski definition) is 4. The molecule has 4 nitrogen and oxygen atoms in total. The van der Waals surface area contributed by atoms with Crippen LogP contribution >= 0.6 is 31.9 Å². The van der Waals surface area contributed by atoms with E-state index in [9.17, 15) is 9.59 Å². The third-order valence-electron chi connectivity index (χ3n) is 4.61. The molecule has 20 heavy (non-hydrogen) atoms. The van der Waals surface area contributed by atoms with Gasteiger partial charge in [-0.2, -0.15) is 0 Å². The molecule has 0 radical (unpaired) electrons. The predicted octanol–water partition coefficient (Wildman–Crippen LogP) is 2.22. The van der Waals surface area contributed by atoms with Crippen LogP contribution in [0.5, 0.6) is 0 Å². The van der Waals surface area contributed by atoms with Gasteiger partial charge in [-0.05, 0) is 11.8 Å². The predicted molar refractivity (Wildman–Crippen MR) is 79.6 cm³/mol. The van der Waals surface area contributed by atoms with Crippen molar-refractivity contribution in [2.24, 2.45) is 23.7 Å². The molecule has 1 saturated carbocycles. The molecule has 108 valence electrons. The van der Waals surface area contributed by atoms with E-state index in [4.69, 9.17) is 9.47 Å². The number of rotatable bonds is 2. The molecule has 0 saturated heterocycles. The average molecular weight is 406 g/mol. The maximum absolute atomic E-state index is 12.1. The van der Waals surface area contributed by atoms with Crippen molar-refractivity contribution in [1.82, 2.24) is 0 Å². The van der Waals surface area contributed by atoms with Crippen LogP contribution in [0, 0.1) is 23.7 Å². The van der Waals surface area contributed by atoms with Crippen LogP contribution in [0.4, 0.5) is 0 Å². The van der Waals surface area contributed by atoms with Gasteiger partial charge < -0.3 is 9.47 Å². The van der Waals surface area contributed by atoms with E-state index >= 15 is 0 Å². The normalized spacial score (nSPS) is 41.0. The van der Waals surface area contributed by atoms with Gasteiger partial charge >= 0.3 is 11.9 Å². The minimum atomic E-state index is -0.430. The number of methoxy groups -OCH3 is 2. The number of allylic oxidation sites excluding steroid dienone is 2. The van der Waals surface area contributed by atoms with Gasteiger partial charge in [0.2, 0.25) is 0 Å². The number of halogens is 2. The molecule has 0 aromatic heterocycles. The summed E-state index contributed by atoms with van der Waals surface area (Å²) in [6.45, 7) is 0. The third kappa shape index (κ3) is 1.70. The molecule has 6 atom stereocenters. The van der Waals surface area contributed by atoms with E-state index in [2.05, 4.69) is 31.9 Å². The standard InChI is InChI=1S/C14H14Br2O4/c1-19-13(17)9-5-3-4-6(10(9)14(18)20-2)8-7(5)11(15)12(8)16/h3-8,11-12H,1-2H3. The van der Waals surface area contributed by atoms with Crippen LogP contribution in [0.1, 0.15) is 0 Å². The van der Waals surface area contributed by atoms with Crippen molar-refractivity contribution < 1.29 is 19.1 Å². The van der Waals surface area contributed by atoms with Crippen LogP contribution in [-0.2, 0) is 19.1 Å². The Morgan fingerprint density at radius 3 is 1.55 bits per heavy atom. The summed E-state index contributed by atoms with van der Waals surface area (Å²) < 4.78 is 9.74. The zero-order valence-electron chi connectivity index (χ0n) is 11.0. The summed E-state index contributed by atoms with van der Waals surface area (Å²) in [5, 5.41) is 0. The summed E-state index contributed by atoms with van der Waals surface area (Å²) in [4.78, 5) is 24.8.